The number of sulfonamides is 1. The fraction of sp³-hybridized carbons (Fsp3) is 0.160. The van der Waals surface area contributed by atoms with Crippen molar-refractivity contribution >= 4 is 33.8 Å². The number of carbonyl (C=O) groups is 2. The van der Waals surface area contributed by atoms with Crippen LogP contribution in [0.4, 0.5) is 5.69 Å². The minimum Gasteiger partial charge on any atom is -0.494 e. The molecule has 3 aromatic rings. The van der Waals surface area contributed by atoms with Gasteiger partial charge in [-0.2, -0.15) is 5.10 Å². The first-order valence-corrected chi connectivity index (χ1v) is 12.1. The molecule has 0 aliphatic heterocycles. The number of anilines is 1. The minimum absolute atomic E-state index is 0.0202. The van der Waals surface area contributed by atoms with Crippen LogP contribution < -0.4 is 14.5 Å². The van der Waals surface area contributed by atoms with E-state index in [-0.39, 0.29) is 4.90 Å². The summed E-state index contributed by atoms with van der Waals surface area (Å²) in [5, 5.41) is 3.89. The van der Waals surface area contributed by atoms with E-state index in [1.54, 1.807) is 66.7 Å². The molecule has 0 bridgehead atoms. The second-order valence-electron chi connectivity index (χ2n) is 7.16. The molecule has 0 heterocycles. The van der Waals surface area contributed by atoms with Gasteiger partial charge in [0.2, 0.25) is 0 Å². The number of esters is 1. The maximum Gasteiger partial charge on any atom is 0.337 e. The SMILES string of the molecule is CCOc1ccc(S(=O)(=O)N(CC(=O)N/N=C\c2ccc(C(=O)OC)cc2)c2ccccc2)cc1. The van der Waals surface area contributed by atoms with Crippen molar-refractivity contribution in [3.05, 3.63) is 90.0 Å². The van der Waals surface area contributed by atoms with E-state index in [0.717, 1.165) is 4.31 Å². The average molecular weight is 496 g/mol. The molecule has 1 N–H and O–H groups in total. The van der Waals surface area contributed by atoms with Crippen molar-refractivity contribution in [2.75, 3.05) is 24.6 Å². The molecule has 1 amide bonds. The van der Waals surface area contributed by atoms with Crippen molar-refractivity contribution in [3.8, 4) is 5.75 Å². The zero-order valence-electron chi connectivity index (χ0n) is 19.2. The Bertz CT molecular complexity index is 1280. The number of rotatable bonds is 10. The Balaban J connectivity index is 1.75. The molecule has 10 heteroatoms. The Labute approximate surface area is 204 Å². The maximum atomic E-state index is 13.4. The highest BCUT2D eigenvalue weighted by Gasteiger charge is 2.27. The number of carbonyl (C=O) groups excluding carboxylic acids is 2. The summed E-state index contributed by atoms with van der Waals surface area (Å²) in [6.07, 6.45) is 1.38. The molecule has 0 saturated heterocycles. The molecule has 0 aromatic heterocycles. The normalized spacial score (nSPS) is 11.1. The molecule has 3 rings (SSSR count). The van der Waals surface area contributed by atoms with Crippen molar-refractivity contribution < 1.29 is 27.5 Å². The van der Waals surface area contributed by atoms with Crippen LogP contribution in [0.15, 0.2) is 88.9 Å². The van der Waals surface area contributed by atoms with Crippen molar-refractivity contribution in [2.45, 2.75) is 11.8 Å². The highest BCUT2D eigenvalue weighted by Crippen LogP contribution is 2.25. The topological polar surface area (TPSA) is 114 Å². The van der Waals surface area contributed by atoms with Crippen LogP contribution in [0.5, 0.6) is 5.75 Å². The second-order valence-corrected chi connectivity index (χ2v) is 9.02. The second kappa shape index (κ2) is 11.8. The third-order valence-electron chi connectivity index (χ3n) is 4.79. The van der Waals surface area contributed by atoms with E-state index < -0.39 is 28.4 Å². The largest absolute Gasteiger partial charge is 0.494 e. The van der Waals surface area contributed by atoms with E-state index in [4.69, 9.17) is 4.74 Å². The van der Waals surface area contributed by atoms with Gasteiger partial charge in [0.15, 0.2) is 0 Å². The third kappa shape index (κ3) is 6.67. The predicted octanol–water partition coefficient (Wildman–Crippen LogP) is 3.22. The molecule has 0 aliphatic carbocycles. The predicted molar refractivity (Wildman–Crippen MR) is 132 cm³/mol. The smallest absolute Gasteiger partial charge is 0.337 e. The molecule has 0 unspecified atom stereocenters. The number of benzene rings is 3. The number of hydrazone groups is 1. The molecule has 9 nitrogen and oxygen atoms in total. The lowest BCUT2D eigenvalue weighted by Gasteiger charge is -2.23. The molecule has 3 aromatic carbocycles. The molecule has 0 saturated carbocycles. The number of amides is 1. The van der Waals surface area contributed by atoms with Crippen LogP contribution in [0.25, 0.3) is 0 Å². The van der Waals surface area contributed by atoms with E-state index in [0.29, 0.717) is 29.2 Å². The zero-order valence-corrected chi connectivity index (χ0v) is 20.1. The average Bonchev–Trinajstić information content (AvgIpc) is 2.88. The highest BCUT2D eigenvalue weighted by molar-refractivity contribution is 7.92. The van der Waals surface area contributed by atoms with Gasteiger partial charge in [-0.1, -0.05) is 30.3 Å². The number of hydrogen-bond donors (Lipinski definition) is 1. The van der Waals surface area contributed by atoms with Crippen LogP contribution in [0.1, 0.15) is 22.8 Å². The molecule has 0 fully saturated rings. The molecule has 0 atom stereocenters. The minimum atomic E-state index is -4.05. The van der Waals surface area contributed by atoms with Crippen LogP contribution in [0, 0.1) is 0 Å². The number of nitrogens with one attached hydrogen (secondary N) is 1. The van der Waals surface area contributed by atoms with Crippen LogP contribution in [0.3, 0.4) is 0 Å². The van der Waals surface area contributed by atoms with Crippen LogP contribution >= 0.6 is 0 Å². The standard InChI is InChI=1S/C25H25N3O6S/c1-3-34-22-13-15-23(16-14-22)35(31,32)28(21-7-5-4-6-8-21)18-24(29)27-26-17-19-9-11-20(12-10-19)25(30)33-2/h4-17H,3,18H2,1-2H3,(H,27,29)/b26-17-. The monoisotopic (exact) mass is 495 g/mol. The summed E-state index contributed by atoms with van der Waals surface area (Å²) < 4.78 is 37.8. The molecule has 182 valence electrons. The van der Waals surface area contributed by atoms with Gasteiger partial charge in [0.05, 0.1) is 36.1 Å². The Kier molecular flexibility index (Phi) is 8.58. The van der Waals surface area contributed by atoms with Gasteiger partial charge in [0.1, 0.15) is 12.3 Å². The number of ether oxygens (including phenoxy) is 2. The lowest BCUT2D eigenvalue weighted by molar-refractivity contribution is -0.119. The van der Waals surface area contributed by atoms with Gasteiger partial charge >= 0.3 is 5.97 Å². The molecular formula is C25H25N3O6S. The summed E-state index contributed by atoms with van der Waals surface area (Å²) in [7, 11) is -2.76. The third-order valence-corrected chi connectivity index (χ3v) is 6.58. The fourth-order valence-electron chi connectivity index (χ4n) is 3.08. The molecule has 0 spiro atoms. The van der Waals surface area contributed by atoms with E-state index in [1.165, 1.54) is 25.5 Å². The van der Waals surface area contributed by atoms with Gasteiger partial charge in [-0.25, -0.2) is 18.6 Å². The molecule has 0 radical (unpaired) electrons. The molecule has 0 aliphatic rings. The van der Waals surface area contributed by atoms with Crippen molar-refractivity contribution in [3.63, 3.8) is 0 Å². The quantitative estimate of drug-likeness (QED) is 0.262. The van der Waals surface area contributed by atoms with E-state index in [9.17, 15) is 18.0 Å². The van der Waals surface area contributed by atoms with Gasteiger partial charge in [-0.05, 0) is 61.0 Å². The van der Waals surface area contributed by atoms with Crippen molar-refractivity contribution in [1.82, 2.24) is 5.43 Å². The summed E-state index contributed by atoms with van der Waals surface area (Å²) in [6.45, 7) is 1.80. The number of methoxy groups -OCH3 is 1. The van der Waals surface area contributed by atoms with Crippen molar-refractivity contribution in [1.29, 1.82) is 0 Å². The lowest BCUT2D eigenvalue weighted by Crippen LogP contribution is -2.39. The number of nitrogens with zero attached hydrogens (tertiary/aromatic N) is 2. The van der Waals surface area contributed by atoms with Crippen LogP contribution in [-0.4, -0.2) is 46.8 Å². The Hall–Kier alpha value is -4.18. The lowest BCUT2D eigenvalue weighted by atomic mass is 10.1. The van der Waals surface area contributed by atoms with E-state index in [1.807, 2.05) is 6.92 Å². The summed E-state index contributed by atoms with van der Waals surface area (Å²) in [6, 6.07) is 20.7. The number of para-hydroxylation sites is 1. The summed E-state index contributed by atoms with van der Waals surface area (Å²) >= 11 is 0. The van der Waals surface area contributed by atoms with Gasteiger partial charge in [-0.15, -0.1) is 0 Å². The van der Waals surface area contributed by atoms with Crippen molar-refractivity contribution in [2.24, 2.45) is 5.10 Å². The Morgan fingerprint density at radius 1 is 0.971 bits per heavy atom. The zero-order chi connectivity index (χ0) is 25.3. The summed E-state index contributed by atoms with van der Waals surface area (Å²) in [5.41, 5.74) is 3.68. The first-order chi connectivity index (χ1) is 16.8. The van der Waals surface area contributed by atoms with Gasteiger partial charge < -0.3 is 9.47 Å². The van der Waals surface area contributed by atoms with E-state index >= 15 is 0 Å². The van der Waals surface area contributed by atoms with Gasteiger partial charge in [0.25, 0.3) is 15.9 Å². The summed E-state index contributed by atoms with van der Waals surface area (Å²) in [5.74, 6) is -0.549. The first kappa shape index (κ1) is 25.4. The molecular weight excluding hydrogens is 470 g/mol. The Morgan fingerprint density at radius 2 is 1.63 bits per heavy atom. The Morgan fingerprint density at radius 3 is 2.23 bits per heavy atom. The maximum absolute atomic E-state index is 13.4. The van der Waals surface area contributed by atoms with Gasteiger partial charge in [-0.3, -0.25) is 9.10 Å². The van der Waals surface area contributed by atoms with E-state index in [2.05, 4.69) is 15.3 Å². The first-order valence-electron chi connectivity index (χ1n) is 10.7. The molecule has 35 heavy (non-hydrogen) atoms. The van der Waals surface area contributed by atoms with Crippen LogP contribution in [-0.2, 0) is 19.6 Å². The summed E-state index contributed by atoms with van der Waals surface area (Å²) in [4.78, 5) is 24.1. The fourth-order valence-corrected chi connectivity index (χ4v) is 4.50. The van der Waals surface area contributed by atoms with Gasteiger partial charge in [0, 0.05) is 0 Å². The number of hydrogen-bond acceptors (Lipinski definition) is 7. The highest BCUT2D eigenvalue weighted by atomic mass is 32.2. The van der Waals surface area contributed by atoms with Crippen LogP contribution in [0.2, 0.25) is 0 Å².